The van der Waals surface area contributed by atoms with Gasteiger partial charge in [-0.3, -0.25) is 0 Å². The third-order valence-corrected chi connectivity index (χ3v) is 18.0. The highest BCUT2D eigenvalue weighted by atomic mass is 16.4. The Hall–Kier alpha value is -0.240. The highest BCUT2D eigenvalue weighted by molar-refractivity contribution is 5.05. The van der Waals surface area contributed by atoms with Gasteiger partial charge < -0.3 is 30.6 Å². The van der Waals surface area contributed by atoms with Crippen molar-refractivity contribution in [3.05, 3.63) is 0 Å². The van der Waals surface area contributed by atoms with E-state index < -0.39 is 35.6 Å². The van der Waals surface area contributed by atoms with Gasteiger partial charge in [-0.1, -0.05) is 387 Å². The molecule has 0 spiro atoms. The second-order valence-corrected chi connectivity index (χ2v) is 25.4. The SMILES string of the molecule is CCCCCCCCCCCCCCCCCCC(O)[C@](O)(CCCCCCCCCCCCCC)[C@@H](O)[C@H](O)[C@@](O)(CCCCCCCCCCCCCC)C(O)CCCCCCCCCCCCCCCCCC. The molecule has 0 saturated carbocycles. The minimum Gasteiger partial charge on any atom is -0.390 e. The van der Waals surface area contributed by atoms with Gasteiger partial charge in [0.2, 0.25) is 0 Å². The van der Waals surface area contributed by atoms with Crippen molar-refractivity contribution in [3.63, 3.8) is 0 Å². The summed E-state index contributed by atoms with van der Waals surface area (Å²) in [6.07, 6.45) is 63.6. The van der Waals surface area contributed by atoms with E-state index in [2.05, 4.69) is 27.7 Å². The van der Waals surface area contributed by atoms with E-state index in [4.69, 9.17) is 0 Å². The monoisotopic (exact) mass is 1080 g/mol. The normalized spacial score (nSPS) is 15.2. The first kappa shape index (κ1) is 75.8. The summed E-state index contributed by atoms with van der Waals surface area (Å²) in [5.74, 6) is 0. The third kappa shape index (κ3) is 44.4. The Balaban J connectivity index is 5.49. The summed E-state index contributed by atoms with van der Waals surface area (Å²) in [5.41, 5.74) is -3.96. The number of hydrogen-bond acceptors (Lipinski definition) is 6. The molecule has 0 bridgehead atoms. The lowest BCUT2D eigenvalue weighted by Gasteiger charge is -2.46. The van der Waals surface area contributed by atoms with Crippen molar-refractivity contribution < 1.29 is 30.6 Å². The first-order valence-electron chi connectivity index (χ1n) is 35.3. The van der Waals surface area contributed by atoms with Gasteiger partial charge in [0.25, 0.3) is 0 Å². The van der Waals surface area contributed by atoms with E-state index in [0.717, 1.165) is 77.0 Å². The molecule has 0 fully saturated rings. The lowest BCUT2D eigenvalue weighted by atomic mass is 9.73. The highest BCUT2D eigenvalue weighted by Gasteiger charge is 2.53. The molecule has 0 aliphatic heterocycles. The number of unbranched alkanes of at least 4 members (excludes halogenated alkanes) is 52. The average Bonchev–Trinajstić information content (AvgIpc) is 3.42. The van der Waals surface area contributed by atoms with Crippen LogP contribution in [0.1, 0.15) is 413 Å². The molecule has 0 aromatic heterocycles. The fourth-order valence-electron chi connectivity index (χ4n) is 12.3. The van der Waals surface area contributed by atoms with E-state index in [-0.39, 0.29) is 12.8 Å². The fraction of sp³-hybridized carbons (Fsp3) is 1.00. The quantitative estimate of drug-likeness (QED) is 0.0338. The van der Waals surface area contributed by atoms with E-state index >= 15 is 0 Å². The molecule has 0 aliphatic rings. The molecule has 0 radical (unpaired) electrons. The van der Waals surface area contributed by atoms with Gasteiger partial charge >= 0.3 is 0 Å². The van der Waals surface area contributed by atoms with Crippen LogP contribution in [-0.2, 0) is 0 Å². The minimum absolute atomic E-state index is 0.159. The van der Waals surface area contributed by atoms with Crippen molar-refractivity contribution in [2.75, 3.05) is 0 Å². The largest absolute Gasteiger partial charge is 0.390 e. The van der Waals surface area contributed by atoms with Crippen molar-refractivity contribution in [2.45, 2.75) is 449 Å². The Morgan fingerprint density at radius 3 is 0.487 bits per heavy atom. The first-order chi connectivity index (χ1) is 37.1. The standard InChI is InChI=1S/C70H142O6/c1-5-9-13-17-21-25-29-33-35-37-39-41-45-49-53-57-61-65(71)69(75,63-59-55-51-47-43-31-27-23-19-15-11-7-3)67(73)68(74)70(76,64-60-56-52-48-44-32-28-24-20-16-12-8-4)66(72)62-58-54-50-46-42-40-38-36-34-30-26-22-18-14-10-6-2/h65-68,71-76H,5-64H2,1-4H3/t65?,66?,67-,68-,69+,70+/m0/s1. The van der Waals surface area contributed by atoms with Crippen molar-refractivity contribution in [2.24, 2.45) is 0 Å². The Morgan fingerprint density at radius 2 is 0.329 bits per heavy atom. The summed E-state index contributed by atoms with van der Waals surface area (Å²) >= 11 is 0. The molecule has 0 amide bonds. The maximum Gasteiger partial charge on any atom is 0.119 e. The molecule has 0 rings (SSSR count). The molecule has 458 valence electrons. The molecule has 0 heterocycles. The Labute approximate surface area is 477 Å². The van der Waals surface area contributed by atoms with Crippen LogP contribution in [0.15, 0.2) is 0 Å². The molecular weight excluding hydrogens is 937 g/mol. The average molecular weight is 1080 g/mol. The van der Waals surface area contributed by atoms with Crippen molar-refractivity contribution in [1.29, 1.82) is 0 Å². The van der Waals surface area contributed by atoms with Crippen LogP contribution in [0.5, 0.6) is 0 Å². The molecule has 6 atom stereocenters. The summed E-state index contributed by atoms with van der Waals surface area (Å²) < 4.78 is 0. The van der Waals surface area contributed by atoms with Gasteiger partial charge in [0.05, 0.1) is 12.2 Å². The van der Waals surface area contributed by atoms with E-state index in [1.807, 2.05) is 0 Å². The molecule has 2 unspecified atom stereocenters. The van der Waals surface area contributed by atoms with Crippen LogP contribution in [-0.4, -0.2) is 66.3 Å². The van der Waals surface area contributed by atoms with Crippen LogP contribution in [0.2, 0.25) is 0 Å². The zero-order valence-corrected chi connectivity index (χ0v) is 52.4. The third-order valence-electron chi connectivity index (χ3n) is 18.0. The van der Waals surface area contributed by atoms with Gasteiger partial charge in [0.1, 0.15) is 23.4 Å². The summed E-state index contributed by atoms with van der Waals surface area (Å²) in [6, 6.07) is 0. The second kappa shape index (κ2) is 58.0. The molecule has 0 aromatic carbocycles. The van der Waals surface area contributed by atoms with Crippen LogP contribution in [0.4, 0.5) is 0 Å². The van der Waals surface area contributed by atoms with Gasteiger partial charge in [0, 0.05) is 0 Å². The zero-order chi connectivity index (χ0) is 55.7. The number of rotatable bonds is 65. The van der Waals surface area contributed by atoms with E-state index in [1.165, 1.54) is 270 Å². The molecule has 6 heteroatoms. The predicted octanol–water partition coefficient (Wildman–Crippen LogP) is 21.4. The molecule has 76 heavy (non-hydrogen) atoms. The minimum atomic E-state index is -1.98. The lowest BCUT2D eigenvalue weighted by molar-refractivity contribution is -0.238. The molecule has 0 aliphatic carbocycles. The van der Waals surface area contributed by atoms with Crippen LogP contribution in [0, 0.1) is 0 Å². The van der Waals surface area contributed by atoms with Crippen LogP contribution >= 0.6 is 0 Å². The number of hydrogen-bond donors (Lipinski definition) is 6. The van der Waals surface area contributed by atoms with Crippen molar-refractivity contribution >= 4 is 0 Å². The van der Waals surface area contributed by atoms with E-state index in [1.54, 1.807) is 0 Å². The van der Waals surface area contributed by atoms with Crippen molar-refractivity contribution in [1.82, 2.24) is 0 Å². The molecule has 6 nitrogen and oxygen atoms in total. The Kier molecular flexibility index (Phi) is 57.8. The van der Waals surface area contributed by atoms with Gasteiger partial charge in [-0.2, -0.15) is 0 Å². The smallest absolute Gasteiger partial charge is 0.119 e. The zero-order valence-electron chi connectivity index (χ0n) is 52.4. The van der Waals surface area contributed by atoms with E-state index in [9.17, 15) is 30.6 Å². The lowest BCUT2D eigenvalue weighted by Crippen LogP contribution is -2.65. The molecule has 6 N–H and O–H groups in total. The summed E-state index contributed by atoms with van der Waals surface area (Å²) in [7, 11) is 0. The highest BCUT2D eigenvalue weighted by Crippen LogP contribution is 2.36. The predicted molar refractivity (Wildman–Crippen MR) is 334 cm³/mol. The number of aliphatic hydroxyl groups is 6. The summed E-state index contributed by atoms with van der Waals surface area (Å²) in [6.45, 7) is 9.09. The maximum atomic E-state index is 12.5. The van der Waals surface area contributed by atoms with E-state index in [0.29, 0.717) is 25.7 Å². The number of aliphatic hydroxyl groups excluding tert-OH is 4. The first-order valence-corrected chi connectivity index (χ1v) is 35.3. The van der Waals surface area contributed by atoms with Gasteiger partial charge in [0.15, 0.2) is 0 Å². The molecular formula is C70H142O6. The Morgan fingerprint density at radius 1 is 0.197 bits per heavy atom. The maximum absolute atomic E-state index is 12.5. The molecule has 0 aromatic rings. The van der Waals surface area contributed by atoms with Crippen molar-refractivity contribution in [3.8, 4) is 0 Å². The van der Waals surface area contributed by atoms with Crippen LogP contribution in [0.25, 0.3) is 0 Å². The van der Waals surface area contributed by atoms with Gasteiger partial charge in [-0.15, -0.1) is 0 Å². The molecule has 0 saturated heterocycles. The topological polar surface area (TPSA) is 121 Å². The van der Waals surface area contributed by atoms with Crippen LogP contribution < -0.4 is 0 Å². The second-order valence-electron chi connectivity index (χ2n) is 25.4. The summed E-state index contributed by atoms with van der Waals surface area (Å²) in [4.78, 5) is 0. The Bertz CT molecular complexity index is 1020. The summed E-state index contributed by atoms with van der Waals surface area (Å²) in [5, 5.41) is 73.1. The van der Waals surface area contributed by atoms with Gasteiger partial charge in [-0.25, -0.2) is 0 Å². The van der Waals surface area contributed by atoms with Gasteiger partial charge in [-0.05, 0) is 25.7 Å². The van der Waals surface area contributed by atoms with Crippen LogP contribution in [0.3, 0.4) is 0 Å². The fourth-order valence-corrected chi connectivity index (χ4v) is 12.3.